The highest BCUT2D eigenvalue weighted by Gasteiger charge is 2.44. The van der Waals surface area contributed by atoms with Crippen LogP contribution in [0.5, 0.6) is 0 Å². The predicted molar refractivity (Wildman–Crippen MR) is 131 cm³/mol. The Morgan fingerprint density at radius 2 is 1.48 bits per heavy atom. The molecule has 0 saturated carbocycles. The average molecular weight is 407 g/mol. The average Bonchev–Trinajstić information content (AvgIpc) is 3.19. The first-order chi connectivity index (χ1) is 13.9. The highest BCUT2D eigenvalue weighted by molar-refractivity contribution is 7.28. The van der Waals surface area contributed by atoms with Gasteiger partial charge in [0, 0.05) is 6.42 Å². The lowest BCUT2D eigenvalue weighted by Crippen LogP contribution is -2.57. The molecule has 29 heavy (non-hydrogen) atoms. The number of benzene rings is 1. The summed E-state index contributed by atoms with van der Waals surface area (Å²) in [5, 5.41) is 2.26. The lowest BCUT2D eigenvalue weighted by Gasteiger charge is -2.56. The smallest absolute Gasteiger partial charge is 0.114 e. The Hall–Kier alpha value is -1.50. The van der Waals surface area contributed by atoms with Gasteiger partial charge in [0.05, 0.1) is 28.2 Å². The lowest BCUT2D eigenvalue weighted by atomic mass is 9.09. The Labute approximate surface area is 183 Å². The maximum atomic E-state index is 3.93. The first-order valence-electron chi connectivity index (χ1n) is 11.4. The van der Waals surface area contributed by atoms with Crippen LogP contribution in [0.15, 0.2) is 47.8 Å². The second-order valence-corrected chi connectivity index (χ2v) is 11.4. The van der Waals surface area contributed by atoms with Crippen molar-refractivity contribution in [3.63, 3.8) is 0 Å². The van der Waals surface area contributed by atoms with Crippen molar-refractivity contribution < 1.29 is 4.48 Å². The van der Waals surface area contributed by atoms with Crippen LogP contribution in [-0.2, 0) is 6.42 Å². The summed E-state index contributed by atoms with van der Waals surface area (Å²) in [4.78, 5) is 0. The molecule has 0 amide bonds. The summed E-state index contributed by atoms with van der Waals surface area (Å²) in [5.41, 5.74) is 1.41. The first kappa shape index (κ1) is 22.2. The van der Waals surface area contributed by atoms with Crippen LogP contribution in [-0.4, -0.2) is 38.8 Å². The maximum Gasteiger partial charge on any atom is 0.114 e. The zero-order chi connectivity index (χ0) is 20.7. The summed E-state index contributed by atoms with van der Waals surface area (Å²) >= 11 is 1.96. The summed E-state index contributed by atoms with van der Waals surface area (Å²) in [7, 11) is 8.50. The van der Waals surface area contributed by atoms with Gasteiger partial charge in [0.1, 0.15) is 6.15 Å². The summed E-state index contributed by atoms with van der Waals surface area (Å²) in [6, 6.07) is 15.4. The van der Waals surface area contributed by atoms with Gasteiger partial charge in [-0.05, 0) is 17.4 Å². The number of rotatable bonds is 3. The molecule has 2 aliphatic rings. The van der Waals surface area contributed by atoms with Gasteiger partial charge >= 0.3 is 0 Å². The Kier molecular flexibility index (Phi) is 7.66. The molecular formula is C26H38BNS. The van der Waals surface area contributed by atoms with Gasteiger partial charge in [-0.1, -0.05) is 81.0 Å². The van der Waals surface area contributed by atoms with Gasteiger partial charge in [-0.25, -0.2) is 0 Å². The Balaban J connectivity index is 0.000000431. The molecule has 2 saturated heterocycles. The first-order valence-corrected chi connectivity index (χ1v) is 12.3. The molecule has 0 atom stereocenters. The number of hydrogen-bond acceptors (Lipinski definition) is 1. The number of nitrogens with zero attached hydrogens (tertiary/aromatic N) is 1. The molecule has 2 bridgehead atoms. The van der Waals surface area contributed by atoms with Crippen molar-refractivity contribution in [2.75, 3.05) is 28.2 Å². The molecule has 0 spiro atoms. The second kappa shape index (κ2) is 10.0. The third kappa shape index (κ3) is 6.00. The third-order valence-electron chi connectivity index (χ3n) is 6.52. The monoisotopic (exact) mass is 407 g/mol. The van der Waals surface area contributed by atoms with Gasteiger partial charge in [-0.3, -0.25) is 0 Å². The fraction of sp³-hybridized carbons (Fsp3) is 0.538. The molecule has 3 heterocycles. The van der Waals surface area contributed by atoms with Gasteiger partial charge in [0.25, 0.3) is 0 Å². The molecular weight excluding hydrogens is 369 g/mol. The van der Waals surface area contributed by atoms with Crippen LogP contribution >= 0.6 is 11.3 Å². The van der Waals surface area contributed by atoms with Gasteiger partial charge in [-0.15, -0.1) is 22.3 Å². The van der Waals surface area contributed by atoms with E-state index in [9.17, 15) is 0 Å². The van der Waals surface area contributed by atoms with E-state index in [0.717, 1.165) is 29.0 Å². The van der Waals surface area contributed by atoms with E-state index in [4.69, 9.17) is 0 Å². The molecule has 0 radical (unpaired) electrons. The largest absolute Gasteiger partial charge is 0.333 e. The number of fused-ring (bicyclic) bond motifs is 2. The molecule has 2 aromatic rings. The lowest BCUT2D eigenvalue weighted by molar-refractivity contribution is -0.849. The van der Waals surface area contributed by atoms with E-state index >= 15 is 0 Å². The van der Waals surface area contributed by atoms with E-state index in [1.807, 2.05) is 11.3 Å². The predicted octanol–water partition coefficient (Wildman–Crippen LogP) is 6.01. The highest BCUT2D eigenvalue weighted by atomic mass is 32.1. The minimum atomic E-state index is -0.643. The second-order valence-electron chi connectivity index (χ2n) is 10.4. The van der Waals surface area contributed by atoms with Crippen molar-refractivity contribution in [1.82, 2.24) is 0 Å². The number of hydrogen-bond donors (Lipinski definition) is 0. The van der Waals surface area contributed by atoms with Gasteiger partial charge in [0.15, 0.2) is 0 Å². The molecule has 2 aliphatic heterocycles. The highest BCUT2D eigenvalue weighted by Crippen LogP contribution is 2.52. The van der Waals surface area contributed by atoms with Crippen molar-refractivity contribution >= 4 is 22.3 Å². The van der Waals surface area contributed by atoms with E-state index in [1.165, 1.54) is 44.1 Å². The molecule has 0 unspecified atom stereocenters. The van der Waals surface area contributed by atoms with Crippen LogP contribution in [0.2, 0.25) is 11.6 Å². The van der Waals surface area contributed by atoms with Crippen LogP contribution in [0.3, 0.4) is 0 Å². The third-order valence-corrected chi connectivity index (χ3v) is 7.61. The van der Waals surface area contributed by atoms with Crippen LogP contribution < -0.4 is 4.78 Å². The Morgan fingerprint density at radius 3 is 2.00 bits per heavy atom. The van der Waals surface area contributed by atoms with Crippen LogP contribution in [0.1, 0.15) is 50.5 Å². The van der Waals surface area contributed by atoms with Gasteiger partial charge in [0.2, 0.25) is 0 Å². The van der Waals surface area contributed by atoms with E-state index in [1.54, 1.807) is 4.78 Å². The summed E-state index contributed by atoms with van der Waals surface area (Å²) in [6.07, 6.45) is 9.91. The minimum absolute atomic E-state index is 0.643. The number of quaternary nitrogens is 1. The molecule has 0 aliphatic carbocycles. The summed E-state index contributed by atoms with van der Waals surface area (Å²) in [6.45, 7) is 0. The summed E-state index contributed by atoms with van der Waals surface area (Å²) in [5.74, 6) is 9.27. The van der Waals surface area contributed by atoms with E-state index in [2.05, 4.69) is 87.8 Å². The fourth-order valence-electron chi connectivity index (χ4n) is 5.44. The minimum Gasteiger partial charge on any atom is -0.333 e. The van der Waals surface area contributed by atoms with Gasteiger partial charge in [-0.2, -0.15) is 11.3 Å². The summed E-state index contributed by atoms with van der Waals surface area (Å²) < 4.78 is 2.61. The van der Waals surface area contributed by atoms with Crippen molar-refractivity contribution in [1.29, 1.82) is 0 Å². The Bertz CT molecular complexity index is 767. The molecule has 1 aromatic heterocycles. The fourth-order valence-corrected chi connectivity index (χ4v) is 6.58. The molecule has 0 N–H and O–H groups in total. The van der Waals surface area contributed by atoms with Crippen LogP contribution in [0, 0.1) is 11.7 Å². The normalized spacial score (nSPS) is 25.9. The van der Waals surface area contributed by atoms with E-state index in [0.29, 0.717) is 0 Å². The molecule has 156 valence electrons. The molecule has 4 rings (SSSR count). The van der Waals surface area contributed by atoms with Crippen LogP contribution in [0.25, 0.3) is 0 Å². The van der Waals surface area contributed by atoms with Crippen LogP contribution in [0.4, 0.5) is 0 Å². The number of aryl methyl sites for hydroxylation is 1. The van der Waals surface area contributed by atoms with Gasteiger partial charge < -0.3 is 10.3 Å². The quantitative estimate of drug-likeness (QED) is 0.332. The van der Waals surface area contributed by atoms with E-state index < -0.39 is 6.15 Å². The zero-order valence-corrected chi connectivity index (χ0v) is 19.7. The van der Waals surface area contributed by atoms with Crippen molar-refractivity contribution in [2.24, 2.45) is 0 Å². The van der Waals surface area contributed by atoms with Crippen molar-refractivity contribution in [3.8, 4) is 11.7 Å². The van der Waals surface area contributed by atoms with E-state index in [-0.39, 0.29) is 0 Å². The molecule has 1 aromatic carbocycles. The topological polar surface area (TPSA) is 0 Å². The molecule has 2 fully saturated rings. The van der Waals surface area contributed by atoms with Crippen molar-refractivity contribution in [2.45, 2.75) is 63.0 Å². The Morgan fingerprint density at radius 1 is 0.897 bits per heavy atom. The number of thiophene rings is 1. The maximum absolute atomic E-state index is 3.93. The zero-order valence-electron chi connectivity index (χ0n) is 18.9. The van der Waals surface area contributed by atoms with Crippen molar-refractivity contribution in [3.05, 3.63) is 53.4 Å². The molecule has 3 heteroatoms. The standard InChI is InChI=1S/C22H26BS.C4H12N/c1-2-9-19(10-3-1)11-4-5-17-23(22-16-8-18-24-22)20-12-6-13-21(23)15-7-14-20;1-5(2,3)4/h1-3,8-10,16,18,20-21H,4,6-7,11-15H2;1-4H3/q-1;+1. The molecule has 1 nitrogen and oxygen atoms in total. The SMILES string of the molecule is C(#C[B-]1(c2cccs2)C2CCCC1CCC2)CCc1ccccc1.C[N+](C)(C)C.